The summed E-state index contributed by atoms with van der Waals surface area (Å²) in [6.07, 6.45) is 1.56. The van der Waals surface area contributed by atoms with E-state index in [1.807, 2.05) is 39.8 Å². The van der Waals surface area contributed by atoms with Crippen LogP contribution < -0.4 is 10.7 Å². The van der Waals surface area contributed by atoms with Crippen LogP contribution in [0.15, 0.2) is 41.5 Å². The number of amides is 2. The minimum Gasteiger partial charge on any atom is -0.318 e. The lowest BCUT2D eigenvalue weighted by Crippen LogP contribution is -2.32. The molecule has 0 bridgehead atoms. The first-order valence-electron chi connectivity index (χ1n) is 8.67. The minimum absolute atomic E-state index is 0.558. The lowest BCUT2D eigenvalue weighted by molar-refractivity contribution is -0.136. The Hall–Kier alpha value is -2.95. The summed E-state index contributed by atoms with van der Waals surface area (Å²) in [4.78, 5) is 23.6. The van der Waals surface area contributed by atoms with Crippen LogP contribution in [0.5, 0.6) is 0 Å². The second kappa shape index (κ2) is 10.1. The van der Waals surface area contributed by atoms with Gasteiger partial charge in [-0.25, -0.2) is 5.43 Å². The number of carbonyl (C=O) groups excluding carboxylic acids is 2. The second-order valence-corrected chi connectivity index (χ2v) is 5.68. The predicted octanol–water partition coefficient (Wildman–Crippen LogP) is 4.04. The average Bonchev–Trinajstić information content (AvgIpc) is 2.66. The predicted molar refractivity (Wildman–Crippen MR) is 108 cm³/mol. The third-order valence-corrected chi connectivity index (χ3v) is 4.13. The molecule has 2 amide bonds. The van der Waals surface area contributed by atoms with E-state index in [2.05, 4.69) is 29.7 Å². The van der Waals surface area contributed by atoms with Crippen molar-refractivity contribution in [2.24, 2.45) is 5.10 Å². The van der Waals surface area contributed by atoms with Gasteiger partial charge in [0.15, 0.2) is 0 Å². The van der Waals surface area contributed by atoms with Crippen molar-refractivity contribution in [1.82, 2.24) is 5.43 Å². The van der Waals surface area contributed by atoms with Gasteiger partial charge in [0.05, 0.1) is 6.21 Å². The second-order valence-electron chi connectivity index (χ2n) is 5.68. The Labute approximate surface area is 155 Å². The highest BCUT2D eigenvalue weighted by Crippen LogP contribution is 2.19. The number of para-hydroxylation sites is 1. The van der Waals surface area contributed by atoms with Gasteiger partial charge in [0.2, 0.25) is 0 Å². The van der Waals surface area contributed by atoms with E-state index in [0.717, 1.165) is 16.7 Å². The van der Waals surface area contributed by atoms with Crippen LogP contribution in [0.2, 0.25) is 0 Å². The Morgan fingerprint density at radius 3 is 2.12 bits per heavy atom. The van der Waals surface area contributed by atoms with Gasteiger partial charge in [0.25, 0.3) is 0 Å². The number of hydrazone groups is 1. The lowest BCUT2D eigenvalue weighted by atomic mass is 9.95. The quantitative estimate of drug-likeness (QED) is 0.497. The Bertz CT molecular complexity index is 797. The first-order chi connectivity index (χ1) is 12.4. The number of nitrogens with zero attached hydrogens (tertiary/aromatic N) is 1. The smallest absolute Gasteiger partial charge is 0.318 e. The molecule has 0 spiro atoms. The molecule has 5 heteroatoms. The number of nitrogens with one attached hydrogen (secondary N) is 2. The standard InChI is InChI=1S/C19H21N3O2.C2H6/c1-12-10-16(15(4)14(3)13(12)2)11-20-22-19(24)18(23)21-17-8-6-5-7-9-17;1-2/h5-11H,1-4H3,(H,21,23)(H,22,24);1-2H3/b20-11-;. The van der Waals surface area contributed by atoms with Crippen LogP contribution in [-0.2, 0) is 9.59 Å². The van der Waals surface area contributed by atoms with Crippen molar-refractivity contribution < 1.29 is 9.59 Å². The molecule has 0 aliphatic rings. The van der Waals surface area contributed by atoms with Gasteiger partial charge in [0.1, 0.15) is 0 Å². The third-order valence-electron chi connectivity index (χ3n) is 4.13. The normalized spacial score (nSPS) is 10.1. The Morgan fingerprint density at radius 2 is 1.50 bits per heavy atom. The molecule has 0 radical (unpaired) electrons. The van der Waals surface area contributed by atoms with Gasteiger partial charge in [-0.15, -0.1) is 0 Å². The molecule has 0 heterocycles. The number of benzene rings is 2. The molecular formula is C21H27N3O2. The summed E-state index contributed by atoms with van der Waals surface area (Å²) in [6.45, 7) is 12.2. The van der Waals surface area contributed by atoms with Crippen molar-refractivity contribution in [3.63, 3.8) is 0 Å². The summed E-state index contributed by atoms with van der Waals surface area (Å²) in [5.74, 6) is -1.57. The number of rotatable bonds is 3. The average molecular weight is 353 g/mol. The molecule has 0 aliphatic heterocycles. The number of hydrogen-bond acceptors (Lipinski definition) is 3. The maximum atomic E-state index is 11.8. The molecule has 26 heavy (non-hydrogen) atoms. The van der Waals surface area contributed by atoms with Crippen molar-refractivity contribution in [2.45, 2.75) is 41.5 Å². The monoisotopic (exact) mass is 353 g/mol. The van der Waals surface area contributed by atoms with E-state index in [4.69, 9.17) is 0 Å². The Kier molecular flexibility index (Phi) is 8.22. The molecule has 0 aromatic heterocycles. The van der Waals surface area contributed by atoms with E-state index in [9.17, 15) is 9.59 Å². The Balaban J connectivity index is 0.00000163. The van der Waals surface area contributed by atoms with Gasteiger partial charge in [-0.3, -0.25) is 9.59 Å². The highest BCUT2D eigenvalue weighted by Gasteiger charge is 2.12. The van der Waals surface area contributed by atoms with Crippen LogP contribution in [0.3, 0.4) is 0 Å². The molecule has 0 unspecified atom stereocenters. The van der Waals surface area contributed by atoms with E-state index >= 15 is 0 Å². The number of anilines is 1. The minimum atomic E-state index is -0.812. The van der Waals surface area contributed by atoms with Gasteiger partial charge in [0, 0.05) is 5.69 Å². The van der Waals surface area contributed by atoms with E-state index in [-0.39, 0.29) is 0 Å². The summed E-state index contributed by atoms with van der Waals surface area (Å²) in [5.41, 5.74) is 8.43. The van der Waals surface area contributed by atoms with Gasteiger partial charge < -0.3 is 5.32 Å². The molecule has 0 atom stereocenters. The topological polar surface area (TPSA) is 70.6 Å². The van der Waals surface area contributed by atoms with Crippen LogP contribution in [0.25, 0.3) is 0 Å². The highest BCUT2D eigenvalue weighted by atomic mass is 16.2. The molecule has 5 nitrogen and oxygen atoms in total. The summed E-state index contributed by atoms with van der Waals surface area (Å²) in [7, 11) is 0. The number of carbonyl (C=O) groups is 2. The number of hydrogen-bond donors (Lipinski definition) is 2. The van der Waals surface area contributed by atoms with Gasteiger partial charge in [-0.05, 0) is 73.7 Å². The molecule has 0 fully saturated rings. The zero-order valence-electron chi connectivity index (χ0n) is 16.3. The SMILES string of the molecule is CC.Cc1cc(/C=N\NC(=O)C(=O)Nc2ccccc2)c(C)c(C)c1C. The molecule has 138 valence electrons. The maximum absolute atomic E-state index is 11.8. The molecule has 0 saturated carbocycles. The fourth-order valence-electron chi connectivity index (χ4n) is 2.30. The lowest BCUT2D eigenvalue weighted by Gasteiger charge is -2.11. The first kappa shape index (κ1) is 21.1. The van der Waals surface area contributed by atoms with E-state index < -0.39 is 11.8 Å². The van der Waals surface area contributed by atoms with Crippen LogP contribution in [0.4, 0.5) is 5.69 Å². The van der Waals surface area contributed by atoms with E-state index in [1.54, 1.807) is 30.5 Å². The summed E-state index contributed by atoms with van der Waals surface area (Å²) in [5, 5.41) is 6.39. The zero-order chi connectivity index (χ0) is 19.7. The molecule has 2 N–H and O–H groups in total. The van der Waals surface area contributed by atoms with Crippen molar-refractivity contribution in [1.29, 1.82) is 0 Å². The van der Waals surface area contributed by atoms with Crippen LogP contribution in [0, 0.1) is 27.7 Å². The largest absolute Gasteiger partial charge is 0.329 e. The van der Waals surface area contributed by atoms with Gasteiger partial charge >= 0.3 is 11.8 Å². The van der Waals surface area contributed by atoms with E-state index in [0.29, 0.717) is 5.69 Å². The van der Waals surface area contributed by atoms with Crippen LogP contribution in [-0.4, -0.2) is 18.0 Å². The molecule has 2 aromatic rings. The summed E-state index contributed by atoms with van der Waals surface area (Å²) in [6, 6.07) is 10.8. The maximum Gasteiger partial charge on any atom is 0.329 e. The highest BCUT2D eigenvalue weighted by molar-refractivity contribution is 6.39. The van der Waals surface area contributed by atoms with E-state index in [1.165, 1.54) is 11.1 Å². The van der Waals surface area contributed by atoms with Gasteiger partial charge in [-0.2, -0.15) is 5.10 Å². The zero-order valence-corrected chi connectivity index (χ0v) is 16.3. The molecule has 0 saturated heterocycles. The summed E-state index contributed by atoms with van der Waals surface area (Å²) < 4.78 is 0. The molecular weight excluding hydrogens is 326 g/mol. The van der Waals surface area contributed by atoms with Crippen molar-refractivity contribution in [3.05, 3.63) is 64.2 Å². The van der Waals surface area contributed by atoms with Crippen molar-refractivity contribution in [2.75, 3.05) is 5.32 Å². The van der Waals surface area contributed by atoms with Gasteiger partial charge in [-0.1, -0.05) is 32.0 Å². The molecule has 2 aromatic carbocycles. The molecule has 2 rings (SSSR count). The van der Waals surface area contributed by atoms with Crippen LogP contribution >= 0.6 is 0 Å². The number of aryl methyl sites for hydroxylation is 1. The summed E-state index contributed by atoms with van der Waals surface area (Å²) >= 11 is 0. The fourth-order valence-corrected chi connectivity index (χ4v) is 2.30. The Morgan fingerprint density at radius 1 is 0.885 bits per heavy atom. The molecule has 0 aliphatic carbocycles. The van der Waals surface area contributed by atoms with Crippen molar-refractivity contribution in [3.8, 4) is 0 Å². The van der Waals surface area contributed by atoms with Crippen molar-refractivity contribution >= 4 is 23.7 Å². The first-order valence-corrected chi connectivity index (χ1v) is 8.67. The fraction of sp³-hybridized carbons (Fsp3) is 0.286. The third kappa shape index (κ3) is 5.55. The van der Waals surface area contributed by atoms with Crippen LogP contribution in [0.1, 0.15) is 41.7 Å².